The van der Waals surface area contributed by atoms with Crippen molar-refractivity contribution in [3.05, 3.63) is 43.1 Å². The fraction of sp³-hybridized carbons (Fsp3) is 0.316. The number of nitrogens with zero attached hydrogens (tertiary/aromatic N) is 6. The first kappa shape index (κ1) is 16.1. The van der Waals surface area contributed by atoms with Gasteiger partial charge in [0.2, 0.25) is 5.95 Å². The molecule has 8 nitrogen and oxygen atoms in total. The lowest BCUT2D eigenvalue weighted by Crippen LogP contribution is -2.38. The van der Waals surface area contributed by atoms with Crippen LogP contribution in [0.5, 0.6) is 0 Å². The van der Waals surface area contributed by atoms with E-state index >= 15 is 0 Å². The molecule has 0 radical (unpaired) electrons. The molecular formula is C19H19N7O. The van der Waals surface area contributed by atoms with Crippen LogP contribution in [-0.4, -0.2) is 49.3 Å². The first-order valence-electron chi connectivity index (χ1n) is 8.97. The maximum Gasteiger partial charge on any atom is 0.241 e. The Morgan fingerprint density at radius 3 is 2.93 bits per heavy atom. The Morgan fingerprint density at radius 1 is 1.15 bits per heavy atom. The normalized spacial score (nSPS) is 19.3. The lowest BCUT2D eigenvalue weighted by atomic mass is 9.81. The summed E-state index contributed by atoms with van der Waals surface area (Å²) in [5, 5.41) is 7.99. The first-order chi connectivity index (χ1) is 13.3. The third kappa shape index (κ3) is 2.97. The Balaban J connectivity index is 1.40. The molecule has 0 amide bonds. The molecule has 0 atom stereocenters. The van der Waals surface area contributed by atoms with Crippen LogP contribution >= 0.6 is 0 Å². The number of ether oxygens (including phenoxy) is 1. The van der Waals surface area contributed by atoms with Crippen molar-refractivity contribution in [2.24, 2.45) is 5.92 Å². The van der Waals surface area contributed by atoms with Gasteiger partial charge < -0.3 is 10.1 Å². The highest BCUT2D eigenvalue weighted by molar-refractivity contribution is 5.84. The minimum absolute atomic E-state index is 0.417. The quantitative estimate of drug-likeness (QED) is 0.584. The number of hydrogen-bond donors (Lipinski definition) is 1. The van der Waals surface area contributed by atoms with Gasteiger partial charge in [-0.1, -0.05) is 0 Å². The van der Waals surface area contributed by atoms with E-state index in [1.165, 1.54) is 0 Å². The van der Waals surface area contributed by atoms with Crippen molar-refractivity contribution in [1.29, 1.82) is 0 Å². The predicted octanol–water partition coefficient (Wildman–Crippen LogP) is 2.57. The molecule has 1 aliphatic carbocycles. The Bertz CT molecular complexity index is 1100. The second-order valence-corrected chi connectivity index (χ2v) is 6.90. The zero-order valence-electron chi connectivity index (χ0n) is 14.9. The summed E-state index contributed by atoms with van der Waals surface area (Å²) < 4.78 is 7.04. The molecule has 8 heteroatoms. The SMILES string of the molecule is COCC1CC(Nc2ncc3c(-c4cnc5nccnc5c4)ccn3n2)C1. The van der Waals surface area contributed by atoms with Gasteiger partial charge in [0.25, 0.3) is 0 Å². The highest BCUT2D eigenvalue weighted by Gasteiger charge is 2.29. The van der Waals surface area contributed by atoms with Crippen molar-refractivity contribution in [2.75, 3.05) is 19.0 Å². The van der Waals surface area contributed by atoms with Crippen molar-refractivity contribution in [2.45, 2.75) is 18.9 Å². The van der Waals surface area contributed by atoms with Crippen molar-refractivity contribution in [3.8, 4) is 11.1 Å². The van der Waals surface area contributed by atoms with Crippen LogP contribution in [0.15, 0.2) is 43.1 Å². The van der Waals surface area contributed by atoms with Crippen LogP contribution in [-0.2, 0) is 4.74 Å². The van der Waals surface area contributed by atoms with Crippen LogP contribution in [0.3, 0.4) is 0 Å². The Kier molecular flexibility index (Phi) is 3.90. The minimum Gasteiger partial charge on any atom is -0.384 e. The van der Waals surface area contributed by atoms with E-state index in [4.69, 9.17) is 4.74 Å². The van der Waals surface area contributed by atoms with Crippen molar-refractivity contribution in [1.82, 2.24) is 29.5 Å². The topological polar surface area (TPSA) is 90.1 Å². The maximum absolute atomic E-state index is 5.20. The monoisotopic (exact) mass is 361 g/mol. The summed E-state index contributed by atoms with van der Waals surface area (Å²) in [5.74, 6) is 1.28. The van der Waals surface area contributed by atoms with E-state index in [1.807, 2.05) is 35.2 Å². The van der Waals surface area contributed by atoms with Crippen LogP contribution in [0.1, 0.15) is 12.8 Å². The minimum atomic E-state index is 0.417. The largest absolute Gasteiger partial charge is 0.384 e. The molecule has 136 valence electrons. The average molecular weight is 361 g/mol. The molecule has 1 N–H and O–H groups in total. The van der Waals surface area contributed by atoms with Crippen LogP contribution in [0.4, 0.5) is 5.95 Å². The van der Waals surface area contributed by atoms with E-state index in [1.54, 1.807) is 19.5 Å². The fourth-order valence-electron chi connectivity index (χ4n) is 3.62. The smallest absolute Gasteiger partial charge is 0.241 e. The zero-order valence-corrected chi connectivity index (χ0v) is 14.9. The molecule has 0 spiro atoms. The maximum atomic E-state index is 5.20. The van der Waals surface area contributed by atoms with Crippen molar-refractivity contribution < 1.29 is 4.74 Å². The Hall–Kier alpha value is -3.13. The predicted molar refractivity (Wildman–Crippen MR) is 101 cm³/mol. The molecule has 4 heterocycles. The zero-order chi connectivity index (χ0) is 18.2. The number of aromatic nitrogens is 6. The molecule has 1 saturated carbocycles. The third-order valence-corrected chi connectivity index (χ3v) is 5.02. The van der Waals surface area contributed by atoms with Gasteiger partial charge in [0, 0.05) is 55.7 Å². The molecule has 0 unspecified atom stereocenters. The number of nitrogens with one attached hydrogen (secondary N) is 1. The number of anilines is 1. The number of methoxy groups -OCH3 is 1. The summed E-state index contributed by atoms with van der Waals surface area (Å²) >= 11 is 0. The highest BCUT2D eigenvalue weighted by atomic mass is 16.5. The van der Waals surface area contributed by atoms with E-state index in [9.17, 15) is 0 Å². The average Bonchev–Trinajstić information content (AvgIpc) is 3.09. The van der Waals surface area contributed by atoms with E-state index in [-0.39, 0.29) is 0 Å². The molecular weight excluding hydrogens is 342 g/mol. The van der Waals surface area contributed by atoms with Crippen molar-refractivity contribution >= 4 is 22.6 Å². The second-order valence-electron chi connectivity index (χ2n) is 6.90. The standard InChI is InChI=1S/C19H19N7O/c1-27-11-12-6-14(7-12)24-19-23-10-17-15(2-5-26(17)25-19)13-8-16-18(22-9-13)21-4-3-20-16/h2-5,8-10,12,14H,6-7,11H2,1H3,(H,24,25). The number of pyridine rings is 1. The molecule has 0 bridgehead atoms. The van der Waals surface area contributed by atoms with Gasteiger partial charge in [-0.15, -0.1) is 5.10 Å². The second kappa shape index (κ2) is 6.55. The molecule has 5 rings (SSSR count). The summed E-state index contributed by atoms with van der Waals surface area (Å²) in [6, 6.07) is 4.42. The van der Waals surface area contributed by atoms with E-state index in [0.29, 0.717) is 23.6 Å². The molecule has 4 aromatic heterocycles. The van der Waals surface area contributed by atoms with Gasteiger partial charge in [0.1, 0.15) is 5.52 Å². The van der Waals surface area contributed by atoms with Gasteiger partial charge in [-0.2, -0.15) is 0 Å². The molecule has 0 saturated heterocycles. The van der Waals surface area contributed by atoms with Crippen LogP contribution in [0, 0.1) is 5.92 Å². The summed E-state index contributed by atoms with van der Waals surface area (Å²) in [6.07, 6.45) is 11.1. The number of rotatable bonds is 5. The lowest BCUT2D eigenvalue weighted by molar-refractivity contribution is 0.104. The van der Waals surface area contributed by atoms with E-state index in [2.05, 4.69) is 30.4 Å². The molecule has 0 aliphatic heterocycles. The summed E-state index contributed by atoms with van der Waals surface area (Å²) in [6.45, 7) is 0.823. The lowest BCUT2D eigenvalue weighted by Gasteiger charge is -2.35. The highest BCUT2D eigenvalue weighted by Crippen LogP contribution is 2.30. The molecule has 27 heavy (non-hydrogen) atoms. The van der Waals surface area contributed by atoms with E-state index < -0.39 is 0 Å². The van der Waals surface area contributed by atoms with Crippen LogP contribution in [0.2, 0.25) is 0 Å². The van der Waals surface area contributed by atoms with Gasteiger partial charge in [-0.3, -0.25) is 4.98 Å². The van der Waals surface area contributed by atoms with E-state index in [0.717, 1.165) is 41.6 Å². The summed E-state index contributed by atoms with van der Waals surface area (Å²) in [5.41, 5.74) is 4.32. The van der Waals surface area contributed by atoms with Gasteiger partial charge in [-0.25, -0.2) is 19.5 Å². The van der Waals surface area contributed by atoms with Gasteiger partial charge in [0.05, 0.1) is 11.7 Å². The van der Waals surface area contributed by atoms with Gasteiger partial charge in [-0.05, 0) is 30.9 Å². The van der Waals surface area contributed by atoms with Crippen LogP contribution in [0.25, 0.3) is 27.8 Å². The van der Waals surface area contributed by atoms with Crippen LogP contribution < -0.4 is 5.32 Å². The van der Waals surface area contributed by atoms with Gasteiger partial charge >= 0.3 is 0 Å². The Morgan fingerprint density at radius 2 is 2.04 bits per heavy atom. The third-order valence-electron chi connectivity index (χ3n) is 5.02. The first-order valence-corrected chi connectivity index (χ1v) is 8.97. The summed E-state index contributed by atoms with van der Waals surface area (Å²) in [7, 11) is 1.75. The summed E-state index contributed by atoms with van der Waals surface area (Å²) in [4.78, 5) is 17.4. The van der Waals surface area contributed by atoms with Crippen molar-refractivity contribution in [3.63, 3.8) is 0 Å². The Labute approximate surface area is 155 Å². The molecule has 1 aliphatic rings. The molecule has 0 aromatic carbocycles. The van der Waals surface area contributed by atoms with Gasteiger partial charge in [0.15, 0.2) is 5.65 Å². The fourth-order valence-corrected chi connectivity index (χ4v) is 3.62. The molecule has 4 aromatic rings. The number of hydrogen-bond acceptors (Lipinski definition) is 7. The molecule has 1 fully saturated rings. The number of fused-ring (bicyclic) bond motifs is 2.